The smallest absolute Gasteiger partial charge is 0.313 e. The van der Waals surface area contributed by atoms with E-state index < -0.39 is 89.9 Å². The Bertz CT molecular complexity index is 1920. The Morgan fingerprint density at radius 3 is 2.11 bits per heavy atom. The van der Waals surface area contributed by atoms with Crippen molar-refractivity contribution in [2.45, 2.75) is 92.3 Å². The molecule has 1 amide bonds. The van der Waals surface area contributed by atoms with E-state index in [2.05, 4.69) is 5.32 Å². The van der Waals surface area contributed by atoms with Crippen molar-refractivity contribution in [2.24, 2.45) is 23.7 Å². The Balaban J connectivity index is 2.07. The number of phenols is 1. The molecule has 3 heterocycles. The Morgan fingerprint density at radius 1 is 0.909 bits per heavy atom. The third kappa shape index (κ3) is 8.12. The molecule has 4 aliphatic rings. The second kappa shape index (κ2) is 16.5. The number of benzene rings is 1. The molecule has 0 fully saturated rings. The molecule has 1 aromatic rings. The zero-order chi connectivity index (χ0) is 41.4. The lowest BCUT2D eigenvalue weighted by molar-refractivity contribution is -0.168. The second-order valence-electron chi connectivity index (χ2n) is 14.7. The highest BCUT2D eigenvalue weighted by Crippen LogP contribution is 2.53. The topological polar surface area (TPSA) is 239 Å². The third-order valence-electron chi connectivity index (χ3n) is 10.6. The molecule has 9 atom stereocenters. The molecular weight excluding hydrogens is 718 g/mol. The summed E-state index contributed by atoms with van der Waals surface area (Å²) in [4.78, 5) is 53.0. The normalized spacial score (nSPS) is 30.8. The Kier molecular flexibility index (Phi) is 12.9. The summed E-state index contributed by atoms with van der Waals surface area (Å²) in [6.07, 6.45) is -0.878. The number of esters is 2. The summed E-state index contributed by atoms with van der Waals surface area (Å²) in [7, 11) is 1.06. The molecule has 55 heavy (non-hydrogen) atoms. The number of anilines is 1. The number of phenolic OH excluding ortho intramolecular Hbond substituents is 1. The van der Waals surface area contributed by atoms with Crippen molar-refractivity contribution in [3.05, 3.63) is 69.2 Å². The number of allylic oxidation sites excluding steroid dienone is 5. The molecule has 0 aromatic heterocycles. The van der Waals surface area contributed by atoms with Gasteiger partial charge >= 0.3 is 11.9 Å². The maximum Gasteiger partial charge on any atom is 0.313 e. The summed E-state index contributed by atoms with van der Waals surface area (Å²) in [5.41, 5.74) is -2.34. The zero-order valence-electron chi connectivity index (χ0n) is 32.6. The molecule has 0 spiro atoms. The van der Waals surface area contributed by atoms with Crippen molar-refractivity contribution >= 4 is 34.9 Å². The van der Waals surface area contributed by atoms with E-state index in [-0.39, 0.29) is 61.9 Å². The quantitative estimate of drug-likeness (QED) is 0.130. The predicted molar refractivity (Wildman–Crippen MR) is 198 cm³/mol. The highest BCUT2D eigenvalue weighted by molar-refractivity contribution is 6.21. The van der Waals surface area contributed by atoms with Crippen LogP contribution in [0.2, 0.25) is 0 Å². The van der Waals surface area contributed by atoms with E-state index in [1.165, 1.54) is 66.7 Å². The van der Waals surface area contributed by atoms with Crippen molar-refractivity contribution in [3.63, 3.8) is 0 Å². The number of carbonyl (C=O) groups is 4. The van der Waals surface area contributed by atoms with Gasteiger partial charge in [0.2, 0.25) is 6.79 Å². The lowest BCUT2D eigenvalue weighted by Crippen LogP contribution is -2.53. The van der Waals surface area contributed by atoms with Crippen molar-refractivity contribution in [2.75, 3.05) is 19.2 Å². The molecule has 3 aliphatic heterocycles. The fourth-order valence-corrected chi connectivity index (χ4v) is 7.28. The SMILES string of the molecule is COC(=O)[C@H]1[C@H](O)[C@@H](C)[C@H](O)[C@H](C)C=CC=C(C)C(=O)Nc2c(C)c(OC(C)=O)c3c(c2O)C(=O)C(C)=C2OCOC(=C23)C(C)=C[C@](C)(O)[C@H](O)[C@H](C)[C@H]1O. The monoisotopic (exact) mass is 769 g/mol. The molecular formula is C40H51NO14. The van der Waals surface area contributed by atoms with Gasteiger partial charge in [-0.2, -0.15) is 0 Å². The maximum atomic E-state index is 14.0. The summed E-state index contributed by atoms with van der Waals surface area (Å²) < 4.78 is 22.3. The number of Topliss-reactive ketones (excluding diaryl/α,β-unsaturated/α-hetero) is 1. The van der Waals surface area contributed by atoms with Gasteiger partial charge in [0.1, 0.15) is 28.8 Å². The molecule has 0 saturated heterocycles. The van der Waals surface area contributed by atoms with Gasteiger partial charge < -0.3 is 54.9 Å². The standard InChI is InChI=1S/C40H51NO14/c1-16-12-11-13-17(2)38(49)41-28-19(4)36(55-23(8)42)24-25(33(28)47)31(45)21(6)35-26(24)34(53-15-54-35)18(3)14-40(9,51)37(48)22(7)32(46)27(39(50)52-10)30(44)20(5)29(16)43/h11-14,16,20,22,27,29-30,32,37,43-44,46-48,51H,15H2,1-10H3,(H,41,49)/t16-,20+,22-,27+,29-,30-,32-,37-,40+/m1/s1. The molecule has 0 saturated carbocycles. The van der Waals surface area contributed by atoms with E-state index in [4.69, 9.17) is 18.9 Å². The average Bonchev–Trinajstić information content (AvgIpc) is 3.13. The number of hydrogen-bond acceptors (Lipinski definition) is 14. The van der Waals surface area contributed by atoms with Crippen LogP contribution in [-0.2, 0) is 28.6 Å². The van der Waals surface area contributed by atoms with Gasteiger partial charge in [-0.05, 0) is 46.3 Å². The van der Waals surface area contributed by atoms with Gasteiger partial charge in [-0.3, -0.25) is 19.2 Å². The number of rotatable bonds is 2. The van der Waals surface area contributed by atoms with Gasteiger partial charge in [-0.25, -0.2) is 0 Å². The average molecular weight is 770 g/mol. The Labute approximate surface area is 319 Å². The largest absolute Gasteiger partial charge is 0.505 e. The number of ketones is 1. The molecule has 300 valence electrons. The van der Waals surface area contributed by atoms with Gasteiger partial charge in [0.15, 0.2) is 11.5 Å². The molecule has 15 heteroatoms. The van der Waals surface area contributed by atoms with E-state index in [1.54, 1.807) is 13.0 Å². The zero-order valence-corrected chi connectivity index (χ0v) is 32.6. The number of amides is 1. The summed E-state index contributed by atoms with van der Waals surface area (Å²) >= 11 is 0. The van der Waals surface area contributed by atoms with Crippen LogP contribution in [0.3, 0.4) is 0 Å². The number of hydrogen-bond donors (Lipinski definition) is 7. The maximum absolute atomic E-state index is 14.0. The highest BCUT2D eigenvalue weighted by Gasteiger charge is 2.47. The summed E-state index contributed by atoms with van der Waals surface area (Å²) in [5.74, 6) is -8.68. The molecule has 1 aliphatic carbocycles. The van der Waals surface area contributed by atoms with Crippen LogP contribution < -0.4 is 10.1 Å². The van der Waals surface area contributed by atoms with Gasteiger partial charge in [-0.1, -0.05) is 39.0 Å². The molecule has 1 aromatic carbocycles. The molecule has 7 N–H and O–H groups in total. The first-order chi connectivity index (χ1) is 25.6. The molecule has 15 nitrogen and oxygen atoms in total. The molecule has 0 radical (unpaired) electrons. The number of ether oxygens (including phenoxy) is 4. The lowest BCUT2D eigenvalue weighted by Gasteiger charge is -2.39. The van der Waals surface area contributed by atoms with Crippen molar-refractivity contribution < 1.29 is 68.8 Å². The van der Waals surface area contributed by atoms with E-state index in [9.17, 15) is 49.8 Å². The fraction of sp³-hybridized carbons (Fsp3) is 0.500. The molecule has 5 rings (SSSR count). The van der Waals surface area contributed by atoms with Gasteiger partial charge in [0.05, 0.1) is 48.3 Å². The first kappa shape index (κ1) is 42.9. The van der Waals surface area contributed by atoms with Crippen molar-refractivity contribution in [3.8, 4) is 11.5 Å². The number of aliphatic hydroxyl groups is 5. The van der Waals surface area contributed by atoms with Gasteiger partial charge in [0, 0.05) is 47.0 Å². The van der Waals surface area contributed by atoms with Crippen LogP contribution in [0.15, 0.2) is 52.5 Å². The number of fused-ring (bicyclic) bond motifs is 14. The predicted octanol–water partition coefficient (Wildman–Crippen LogP) is 3.10. The Morgan fingerprint density at radius 2 is 1.51 bits per heavy atom. The third-order valence-corrected chi connectivity index (χ3v) is 10.6. The number of carbonyl (C=O) groups excluding carboxylic acids is 4. The second-order valence-corrected chi connectivity index (χ2v) is 14.7. The van der Waals surface area contributed by atoms with Gasteiger partial charge in [0.25, 0.3) is 5.91 Å². The van der Waals surface area contributed by atoms with Crippen LogP contribution in [0.4, 0.5) is 5.69 Å². The summed E-state index contributed by atoms with van der Waals surface area (Å²) in [5, 5.41) is 71.8. The van der Waals surface area contributed by atoms with E-state index in [0.717, 1.165) is 14.0 Å². The number of aromatic hydroxyl groups is 1. The van der Waals surface area contributed by atoms with Crippen LogP contribution in [-0.4, -0.2) is 98.2 Å². The lowest BCUT2D eigenvalue weighted by atomic mass is 9.75. The van der Waals surface area contributed by atoms with Crippen molar-refractivity contribution in [1.29, 1.82) is 0 Å². The number of nitrogens with one attached hydrogen (secondary N) is 1. The highest BCUT2D eigenvalue weighted by atomic mass is 16.7. The van der Waals surface area contributed by atoms with E-state index in [0.29, 0.717) is 0 Å². The van der Waals surface area contributed by atoms with E-state index >= 15 is 0 Å². The Hall–Kier alpha value is -4.80. The first-order valence-electron chi connectivity index (χ1n) is 17.8. The van der Waals surface area contributed by atoms with Crippen LogP contribution in [0.25, 0.3) is 5.57 Å². The fourth-order valence-electron chi connectivity index (χ4n) is 7.28. The molecule has 4 bridgehead atoms. The van der Waals surface area contributed by atoms with Crippen LogP contribution in [0.5, 0.6) is 11.5 Å². The van der Waals surface area contributed by atoms with Crippen LogP contribution in [0, 0.1) is 30.6 Å². The minimum Gasteiger partial charge on any atom is -0.505 e. The number of aliphatic hydroxyl groups excluding tert-OH is 4. The minimum atomic E-state index is -2.17. The van der Waals surface area contributed by atoms with Crippen molar-refractivity contribution in [1.82, 2.24) is 0 Å². The van der Waals surface area contributed by atoms with E-state index in [1.807, 2.05) is 0 Å². The molecule has 0 unspecified atom stereocenters. The summed E-state index contributed by atoms with van der Waals surface area (Å²) in [6.45, 7) is 12.3. The minimum absolute atomic E-state index is 0.00256. The van der Waals surface area contributed by atoms with Crippen LogP contribution >= 0.6 is 0 Å². The van der Waals surface area contributed by atoms with Crippen LogP contribution in [0.1, 0.15) is 76.9 Å². The summed E-state index contributed by atoms with van der Waals surface area (Å²) in [6, 6.07) is 0. The van der Waals surface area contributed by atoms with Gasteiger partial charge in [-0.15, -0.1) is 0 Å². The number of methoxy groups -OCH3 is 1. The first-order valence-corrected chi connectivity index (χ1v) is 17.8.